The van der Waals surface area contributed by atoms with Crippen LogP contribution in [0.2, 0.25) is 0 Å². The summed E-state index contributed by atoms with van der Waals surface area (Å²) in [5.41, 5.74) is -1.25. The first-order valence-electron chi connectivity index (χ1n) is 42.5. The molecule has 1 radical (unpaired) electrons. The van der Waals surface area contributed by atoms with Crippen LogP contribution in [-0.2, 0) is 74.9 Å². The third-order valence-electron chi connectivity index (χ3n) is 24.6. The van der Waals surface area contributed by atoms with Crippen molar-refractivity contribution in [3.05, 3.63) is 40.4 Å². The fourth-order valence-corrected chi connectivity index (χ4v) is 19.0. The fraction of sp³-hybridized carbons (Fsp3) is 0.820. The number of amides is 4. The van der Waals surface area contributed by atoms with E-state index in [0.717, 1.165) is 95.2 Å². The van der Waals surface area contributed by atoms with Crippen molar-refractivity contribution in [1.82, 2.24) is 19.6 Å². The number of esters is 1. The average molecular weight is 1940 g/mol. The van der Waals surface area contributed by atoms with Gasteiger partial charge in [0.1, 0.15) is 28.5 Å². The quantitative estimate of drug-likeness (QED) is 0.0473. The van der Waals surface area contributed by atoms with Gasteiger partial charge in [-0.25, -0.2) is 41.9 Å². The Bertz CT molecular complexity index is 3340. The van der Waals surface area contributed by atoms with Gasteiger partial charge in [0.15, 0.2) is 5.78 Å². The van der Waals surface area contributed by atoms with E-state index in [1.807, 2.05) is 94.1 Å². The van der Waals surface area contributed by atoms with Gasteiger partial charge in [0.2, 0.25) is 0 Å². The Kier molecular flexibility index (Phi) is 65.4. The van der Waals surface area contributed by atoms with E-state index < -0.39 is 51.8 Å². The molecular formula is C89H144BrCl2Cu2KMgN10O15. The fourth-order valence-electron chi connectivity index (χ4n) is 19.0. The molecule has 0 spiro atoms. The number of halogens is 3. The number of ketones is 1. The maximum atomic E-state index is 12.5. The van der Waals surface area contributed by atoms with E-state index in [-0.39, 0.29) is 198 Å². The van der Waals surface area contributed by atoms with Crippen LogP contribution < -0.4 is 68.4 Å². The zero-order valence-corrected chi connectivity index (χ0v) is 85.5. The summed E-state index contributed by atoms with van der Waals surface area (Å²) in [5.74, 6) is 0.562. The van der Waals surface area contributed by atoms with Crippen LogP contribution in [0, 0.1) is 110 Å². The molecule has 4 heterocycles. The Morgan fingerprint density at radius 2 is 0.785 bits per heavy atom. The van der Waals surface area contributed by atoms with E-state index in [4.69, 9.17) is 56.4 Å². The predicted molar refractivity (Wildman–Crippen MR) is 455 cm³/mol. The van der Waals surface area contributed by atoms with Gasteiger partial charge in [-0.2, -0.15) is 33.9 Å². The topological polar surface area (TPSA) is 350 Å². The van der Waals surface area contributed by atoms with Crippen molar-refractivity contribution in [1.29, 1.82) is 21.0 Å². The van der Waals surface area contributed by atoms with Crippen LogP contribution in [0.4, 0.5) is 19.2 Å². The number of ether oxygens (including phenoxy) is 5. The molecule has 10 aliphatic rings. The molecular weight excluding hydrogens is 1790 g/mol. The van der Waals surface area contributed by atoms with Gasteiger partial charge in [0, 0.05) is 89.2 Å². The van der Waals surface area contributed by atoms with Gasteiger partial charge in [-0.15, -0.1) is 24.8 Å². The number of Topliss-reactive ketones (excluding diaryl/α,β-unsaturated/α-hetero) is 1. The summed E-state index contributed by atoms with van der Waals surface area (Å²) < 4.78 is 34.7. The van der Waals surface area contributed by atoms with E-state index >= 15 is 0 Å². The van der Waals surface area contributed by atoms with Gasteiger partial charge in [-0.3, -0.25) is 4.79 Å². The first kappa shape index (κ1) is 126. The number of hydrogen-bond acceptors (Lipinski definition) is 18. The number of carbonyl (C=O) groups excluding carboxylic acids is 6. The van der Waals surface area contributed by atoms with Crippen molar-refractivity contribution in [3.63, 3.8) is 0 Å². The predicted octanol–water partition coefficient (Wildman–Crippen LogP) is 14.7. The van der Waals surface area contributed by atoms with Crippen LogP contribution >= 0.6 is 24.8 Å². The van der Waals surface area contributed by atoms with Crippen LogP contribution in [0.25, 0.3) is 9.69 Å². The summed E-state index contributed by atoms with van der Waals surface area (Å²) in [4.78, 5) is 98.1. The molecule has 2 N–H and O–H groups in total. The second-order valence-electron chi connectivity index (χ2n) is 36.8. The van der Waals surface area contributed by atoms with Crippen LogP contribution in [-0.4, -0.2) is 189 Å². The third-order valence-corrected chi connectivity index (χ3v) is 24.6. The Morgan fingerprint density at radius 1 is 0.504 bits per heavy atom. The first-order chi connectivity index (χ1) is 53.8. The van der Waals surface area contributed by atoms with Crippen molar-refractivity contribution in [2.24, 2.45) is 45.3 Å². The number of carbonyl (C=O) groups is 7. The molecule has 0 aromatic carbocycles. The van der Waals surface area contributed by atoms with Gasteiger partial charge >= 0.3 is 143 Å². The summed E-state index contributed by atoms with van der Waals surface area (Å²) in [6, 6.07) is 6.77. The molecule has 4 saturated heterocycles. The molecule has 4 aliphatic heterocycles. The van der Waals surface area contributed by atoms with Crippen molar-refractivity contribution in [2.45, 2.75) is 363 Å². The van der Waals surface area contributed by atoms with Gasteiger partial charge in [0.05, 0.1) is 41.2 Å². The Hall–Kier alpha value is -3.37. The minimum atomic E-state index is -1.03. The molecule has 121 heavy (non-hydrogen) atoms. The van der Waals surface area contributed by atoms with Crippen LogP contribution in [0.3, 0.4) is 0 Å². The number of aliphatic carboxylic acids is 1. The number of carboxylic acid groups (broad SMARTS) is 1. The van der Waals surface area contributed by atoms with Crippen LogP contribution in [0.15, 0.2) is 11.1 Å². The van der Waals surface area contributed by atoms with E-state index in [0.29, 0.717) is 101 Å². The SMILES string of the molecule is CC#N.CC(=O)C(C#N)=C1CCN(C(=O)OC(C)(C)C)CC1.CC(C)(C)OC(=O)N1CCC(CC#N)(C2CCCC2)CC1.Cl.Cl.N#CCC1(C2CCCC2)CCCCC1.[Br-].[C-]#[N+]C(C(=O)O)C1(C2CCCC2)CCN(C(=O)OC(C)(C)C)CC1.[C-]#[N+]C(C(=O)OCC)C1(C2CCCC2)CCN(C(=O)OC(C)(C)C)CC1.[CH-]1CCCC1.[Cu].[K+].[Mg+2].[OH-].[O]=[Cu]. The van der Waals surface area contributed by atoms with E-state index in [2.05, 4.69) is 44.2 Å². The third kappa shape index (κ3) is 42.2. The zero-order chi connectivity index (χ0) is 85.6. The summed E-state index contributed by atoms with van der Waals surface area (Å²) >= 11 is 2.94. The number of rotatable bonds is 12. The number of nitriles is 4. The van der Waals surface area contributed by atoms with E-state index in [1.54, 1.807) is 27.7 Å². The molecule has 10 rings (SSSR count). The van der Waals surface area contributed by atoms with Crippen LogP contribution in [0.1, 0.15) is 329 Å². The number of carboxylic acids is 1. The monoisotopic (exact) mass is 1930 g/mol. The Balaban J connectivity index is -0.000000447. The summed E-state index contributed by atoms with van der Waals surface area (Å²) in [5, 5.41) is 44.0. The Morgan fingerprint density at radius 3 is 1.03 bits per heavy atom. The summed E-state index contributed by atoms with van der Waals surface area (Å²) in [6.45, 7) is 46.6. The maximum absolute atomic E-state index is 12.5. The second-order valence-corrected chi connectivity index (χ2v) is 36.8. The van der Waals surface area contributed by atoms with Gasteiger partial charge in [-0.1, -0.05) is 83.5 Å². The normalized spacial score (nSPS) is 19.9. The molecule has 0 aromatic rings. The Labute approximate surface area is 827 Å². The van der Waals surface area contributed by atoms with Gasteiger partial charge in [-0.05, 0) is 253 Å². The molecule has 4 amide bonds. The summed E-state index contributed by atoms with van der Waals surface area (Å²) in [7, 11) is 0. The molecule has 0 bridgehead atoms. The number of likely N-dealkylation sites (tertiary alicyclic amines) is 4. The number of hydrogen-bond donors (Lipinski definition) is 1. The van der Waals surface area contributed by atoms with Crippen LogP contribution in [0.5, 0.6) is 0 Å². The molecule has 686 valence electrons. The van der Waals surface area contributed by atoms with E-state index in [9.17, 15) is 43.9 Å². The molecule has 0 aromatic heterocycles. The molecule has 6 aliphatic carbocycles. The average Bonchev–Trinajstić information content (AvgIpc) is 1.78. The first-order valence-corrected chi connectivity index (χ1v) is 42.9. The molecule has 32 heteroatoms. The van der Waals surface area contributed by atoms with Gasteiger partial charge in [0.25, 0.3) is 0 Å². The molecule has 25 nitrogen and oxygen atoms in total. The van der Waals surface area contributed by atoms with Crippen molar-refractivity contribution >= 4 is 90.0 Å². The molecule has 10 fully saturated rings. The molecule has 2 unspecified atom stereocenters. The number of nitrogens with zero attached hydrogens (tertiary/aromatic N) is 10. The second kappa shape index (κ2) is 62.8. The summed E-state index contributed by atoms with van der Waals surface area (Å²) in [6.07, 6.45) is 39.9. The van der Waals surface area contributed by atoms with Crippen molar-refractivity contribution in [3.8, 4) is 24.3 Å². The minimum absolute atomic E-state index is 0. The number of allylic oxidation sites excluding steroid dienone is 1. The number of piperidine rings is 4. The van der Waals surface area contributed by atoms with Gasteiger partial charge < -0.3 is 87.0 Å². The molecule has 2 atom stereocenters. The van der Waals surface area contributed by atoms with Crippen molar-refractivity contribution < 1.29 is 173 Å². The zero-order valence-electron chi connectivity index (χ0n) is 75.8. The van der Waals surface area contributed by atoms with E-state index in [1.165, 1.54) is 123 Å². The standard InChI is InChI=1S/C20H32N2O4.C18H28N2O4.C17H28N2O2.C14H20N2O3.C13H21N.C5H9.C2H3N.BrH.2ClH.2Cu.K.Mg.H2O.O/c1-6-25-17(23)16(21-5)20(15-9-7-8-10-15)11-13-22(14-12-20)18(24)26-19(2,3)4;1-17(2,3)24-16(23)20-11-9-18(10-12-20,13-7-5-6-8-13)14(19-4)15(21)22;1-16(2,3)21-15(20)19-12-9-17(8-11-18,10-13-19)14-6-4-5-7-14;1-10(17)12(9-15)11-5-7-16(8-6-11)13(18)19-14(2,3)4;14-11-10-13(8-4-1-5-9-13)12-6-2-3-7-12;1-2-4-5-3-1;1-2-3;;;;;;;;;/h15-16H,6-14H2,1-4H3;13-14H,5-12H2,1-3H3,(H,21,22);14H,4-10,12-13H2,1-3H3;5-8H2,1-4H3;12H,1-10H2;1H,2-5H2;1H3;3*1H;;;;;1H2;/q;;;;;-1;;;;;;;+1;+2;;/p-2. The molecule has 6 saturated carbocycles. The van der Waals surface area contributed by atoms with Crippen molar-refractivity contribution in [2.75, 3.05) is 59.0 Å².